The molecule has 2 rings (SSSR count). The Kier molecular flexibility index (Phi) is 3.44. The zero-order valence-electron chi connectivity index (χ0n) is 8.42. The molecular formula is C10H7BrClFN4. The first-order valence-electron chi connectivity index (χ1n) is 4.56. The van der Waals surface area contributed by atoms with E-state index in [0.29, 0.717) is 15.2 Å². The summed E-state index contributed by atoms with van der Waals surface area (Å²) in [5.74, 6) is -0.569. The molecule has 0 amide bonds. The summed E-state index contributed by atoms with van der Waals surface area (Å²) >= 11 is 9.10. The Bertz CT molecular complexity index is 564. The van der Waals surface area contributed by atoms with Gasteiger partial charge >= 0.3 is 0 Å². The van der Waals surface area contributed by atoms with Gasteiger partial charge in [0.05, 0.1) is 11.9 Å². The van der Waals surface area contributed by atoms with Crippen LogP contribution in [0.5, 0.6) is 0 Å². The summed E-state index contributed by atoms with van der Waals surface area (Å²) in [4.78, 5) is 7.29. The molecular weight excluding hydrogens is 310 g/mol. The van der Waals surface area contributed by atoms with E-state index in [-0.39, 0.29) is 11.8 Å². The maximum absolute atomic E-state index is 13.4. The van der Waals surface area contributed by atoms with Crippen LogP contribution in [0.3, 0.4) is 0 Å². The largest absolute Gasteiger partial charge is 0.368 e. The molecule has 1 heterocycles. The minimum atomic E-state index is -0.582. The van der Waals surface area contributed by atoms with Gasteiger partial charge in [-0.05, 0) is 34.1 Å². The fourth-order valence-electron chi connectivity index (χ4n) is 1.19. The molecule has 0 aliphatic carbocycles. The second-order valence-corrected chi connectivity index (χ2v) is 4.46. The lowest BCUT2D eigenvalue weighted by atomic mass is 10.3. The SMILES string of the molecule is Nc1ncc(F)c(Nc2ccc(Cl)cc2Br)n1. The van der Waals surface area contributed by atoms with Crippen molar-refractivity contribution in [1.82, 2.24) is 9.97 Å². The van der Waals surface area contributed by atoms with Crippen LogP contribution in [0.2, 0.25) is 5.02 Å². The number of hydrogen-bond donors (Lipinski definition) is 2. The van der Waals surface area contributed by atoms with E-state index < -0.39 is 5.82 Å². The van der Waals surface area contributed by atoms with Crippen LogP contribution in [0.4, 0.5) is 21.8 Å². The molecule has 0 atom stereocenters. The van der Waals surface area contributed by atoms with Gasteiger partial charge in [0.25, 0.3) is 0 Å². The molecule has 1 aromatic heterocycles. The van der Waals surface area contributed by atoms with E-state index in [4.69, 9.17) is 17.3 Å². The Balaban J connectivity index is 2.34. The summed E-state index contributed by atoms with van der Waals surface area (Å²) in [7, 11) is 0. The summed E-state index contributed by atoms with van der Waals surface area (Å²) in [6, 6.07) is 5.06. The van der Waals surface area contributed by atoms with Crippen LogP contribution < -0.4 is 11.1 Å². The maximum Gasteiger partial charge on any atom is 0.222 e. The first-order chi connectivity index (χ1) is 8.06. The van der Waals surface area contributed by atoms with Crippen LogP contribution in [0.1, 0.15) is 0 Å². The van der Waals surface area contributed by atoms with Crippen LogP contribution in [-0.2, 0) is 0 Å². The van der Waals surface area contributed by atoms with Crippen molar-refractivity contribution in [2.24, 2.45) is 0 Å². The predicted octanol–water partition coefficient (Wildman–Crippen LogP) is 3.36. The van der Waals surface area contributed by atoms with Gasteiger partial charge in [0.2, 0.25) is 5.95 Å². The van der Waals surface area contributed by atoms with Crippen molar-refractivity contribution in [3.05, 3.63) is 39.7 Å². The van der Waals surface area contributed by atoms with E-state index in [0.717, 1.165) is 6.20 Å². The third kappa shape index (κ3) is 2.83. The van der Waals surface area contributed by atoms with Crippen LogP contribution in [-0.4, -0.2) is 9.97 Å². The molecule has 0 fully saturated rings. The Hall–Kier alpha value is -1.40. The topological polar surface area (TPSA) is 63.8 Å². The van der Waals surface area contributed by atoms with Crippen molar-refractivity contribution < 1.29 is 4.39 Å². The molecule has 0 aliphatic heterocycles. The Morgan fingerprint density at radius 1 is 1.41 bits per heavy atom. The first kappa shape index (κ1) is 12.1. The first-order valence-corrected chi connectivity index (χ1v) is 5.73. The van der Waals surface area contributed by atoms with E-state index in [1.54, 1.807) is 18.2 Å². The molecule has 88 valence electrons. The summed E-state index contributed by atoms with van der Waals surface area (Å²) < 4.78 is 14.1. The van der Waals surface area contributed by atoms with E-state index >= 15 is 0 Å². The molecule has 0 aliphatic rings. The monoisotopic (exact) mass is 316 g/mol. The fourth-order valence-corrected chi connectivity index (χ4v) is 1.97. The highest BCUT2D eigenvalue weighted by atomic mass is 79.9. The van der Waals surface area contributed by atoms with E-state index in [9.17, 15) is 4.39 Å². The molecule has 3 N–H and O–H groups in total. The molecule has 0 saturated carbocycles. The normalized spacial score (nSPS) is 10.3. The van der Waals surface area contributed by atoms with Crippen LogP contribution >= 0.6 is 27.5 Å². The molecule has 7 heteroatoms. The van der Waals surface area contributed by atoms with Crippen molar-refractivity contribution >= 4 is 45.0 Å². The number of nitrogen functional groups attached to an aromatic ring is 1. The number of anilines is 3. The summed E-state index contributed by atoms with van der Waals surface area (Å²) in [5.41, 5.74) is 6.01. The summed E-state index contributed by atoms with van der Waals surface area (Å²) in [6.45, 7) is 0. The van der Waals surface area contributed by atoms with Gasteiger partial charge in [-0.25, -0.2) is 9.37 Å². The van der Waals surface area contributed by atoms with Crippen molar-refractivity contribution in [2.45, 2.75) is 0 Å². The summed E-state index contributed by atoms with van der Waals surface area (Å²) in [5, 5.41) is 3.37. The van der Waals surface area contributed by atoms with Crippen molar-refractivity contribution in [3.63, 3.8) is 0 Å². The third-order valence-corrected chi connectivity index (χ3v) is 2.84. The van der Waals surface area contributed by atoms with E-state index in [2.05, 4.69) is 31.2 Å². The van der Waals surface area contributed by atoms with Gasteiger partial charge in [0.15, 0.2) is 11.6 Å². The van der Waals surface area contributed by atoms with Gasteiger partial charge in [0, 0.05) is 9.50 Å². The number of nitrogens with zero attached hydrogens (tertiary/aromatic N) is 2. The van der Waals surface area contributed by atoms with Crippen molar-refractivity contribution in [2.75, 3.05) is 11.1 Å². The van der Waals surface area contributed by atoms with E-state index in [1.807, 2.05) is 0 Å². The molecule has 1 aromatic carbocycles. The number of rotatable bonds is 2. The predicted molar refractivity (Wildman–Crippen MR) is 68.8 cm³/mol. The van der Waals surface area contributed by atoms with Crippen LogP contribution in [0.15, 0.2) is 28.9 Å². The van der Waals surface area contributed by atoms with Gasteiger partial charge in [-0.15, -0.1) is 0 Å². The lowest BCUT2D eigenvalue weighted by molar-refractivity contribution is 0.620. The highest BCUT2D eigenvalue weighted by molar-refractivity contribution is 9.10. The minimum absolute atomic E-state index is 0.000939. The Labute approximate surface area is 110 Å². The Morgan fingerprint density at radius 3 is 2.88 bits per heavy atom. The summed E-state index contributed by atoms with van der Waals surface area (Å²) in [6.07, 6.45) is 1.01. The highest BCUT2D eigenvalue weighted by Crippen LogP contribution is 2.28. The van der Waals surface area contributed by atoms with Gasteiger partial charge in [-0.1, -0.05) is 11.6 Å². The van der Waals surface area contributed by atoms with Crippen molar-refractivity contribution in [1.29, 1.82) is 0 Å². The fraction of sp³-hybridized carbons (Fsp3) is 0. The average molecular weight is 318 g/mol. The van der Waals surface area contributed by atoms with Crippen LogP contribution in [0.25, 0.3) is 0 Å². The highest BCUT2D eigenvalue weighted by Gasteiger charge is 2.08. The lowest BCUT2D eigenvalue weighted by Crippen LogP contribution is -2.02. The molecule has 0 bridgehead atoms. The number of nitrogens with two attached hydrogens (primary N) is 1. The molecule has 2 aromatic rings. The maximum atomic E-state index is 13.4. The number of benzene rings is 1. The lowest BCUT2D eigenvalue weighted by Gasteiger charge is -2.08. The van der Waals surface area contributed by atoms with Gasteiger partial charge in [-0.2, -0.15) is 4.98 Å². The number of nitrogens with one attached hydrogen (secondary N) is 1. The second-order valence-electron chi connectivity index (χ2n) is 3.17. The minimum Gasteiger partial charge on any atom is -0.368 e. The smallest absolute Gasteiger partial charge is 0.222 e. The molecule has 0 unspecified atom stereocenters. The number of aromatic nitrogens is 2. The molecule has 4 nitrogen and oxygen atoms in total. The van der Waals surface area contributed by atoms with Crippen molar-refractivity contribution in [3.8, 4) is 0 Å². The number of halogens is 3. The van der Waals surface area contributed by atoms with Crippen LogP contribution in [0, 0.1) is 5.82 Å². The average Bonchev–Trinajstić information content (AvgIpc) is 2.27. The van der Waals surface area contributed by atoms with Gasteiger partial charge in [-0.3, -0.25) is 0 Å². The molecule has 0 radical (unpaired) electrons. The molecule has 17 heavy (non-hydrogen) atoms. The van der Waals surface area contributed by atoms with E-state index in [1.165, 1.54) is 0 Å². The van der Waals surface area contributed by atoms with Gasteiger partial charge in [0.1, 0.15) is 0 Å². The standard InChI is InChI=1S/C10H7BrClFN4/c11-6-3-5(12)1-2-8(6)16-9-7(13)4-15-10(14)17-9/h1-4H,(H3,14,15,16,17). The zero-order valence-corrected chi connectivity index (χ0v) is 10.8. The van der Waals surface area contributed by atoms with Gasteiger partial charge < -0.3 is 11.1 Å². The Morgan fingerprint density at radius 2 is 2.18 bits per heavy atom. The molecule has 0 saturated heterocycles. The number of hydrogen-bond acceptors (Lipinski definition) is 4. The second kappa shape index (κ2) is 4.85. The molecule has 0 spiro atoms. The third-order valence-electron chi connectivity index (χ3n) is 1.95. The zero-order chi connectivity index (χ0) is 12.4. The quantitative estimate of drug-likeness (QED) is 0.891.